The lowest BCUT2D eigenvalue weighted by Crippen LogP contribution is -2.11. The Morgan fingerprint density at radius 1 is 1.08 bits per heavy atom. The third-order valence-electron chi connectivity index (χ3n) is 3.79. The van der Waals surface area contributed by atoms with Gasteiger partial charge >= 0.3 is 5.97 Å². The molecule has 6 heteroatoms. The highest BCUT2D eigenvalue weighted by Crippen LogP contribution is 2.41. The van der Waals surface area contributed by atoms with Crippen molar-refractivity contribution in [2.75, 3.05) is 0 Å². The fraction of sp³-hybridized carbons (Fsp3) is 0.100. The molecule has 0 aliphatic heterocycles. The van der Waals surface area contributed by atoms with E-state index in [1.165, 1.54) is 6.92 Å². The predicted octanol–water partition coefficient (Wildman–Crippen LogP) is 5.98. The quantitative estimate of drug-likeness (QED) is 0.504. The van der Waals surface area contributed by atoms with Crippen LogP contribution in [0.5, 0.6) is 5.75 Å². The Balaban J connectivity index is 2.33. The van der Waals surface area contributed by atoms with Crippen LogP contribution in [-0.2, 0) is 4.79 Å². The summed E-state index contributed by atoms with van der Waals surface area (Å²) in [4.78, 5) is 25.4. The van der Waals surface area contributed by atoms with Crippen molar-refractivity contribution in [3.05, 3.63) is 73.7 Å². The van der Waals surface area contributed by atoms with Crippen LogP contribution in [0.1, 0.15) is 12.5 Å². The van der Waals surface area contributed by atoms with Crippen molar-refractivity contribution in [1.82, 2.24) is 0 Å². The van der Waals surface area contributed by atoms with Crippen molar-refractivity contribution in [1.29, 1.82) is 0 Å². The van der Waals surface area contributed by atoms with Crippen molar-refractivity contribution in [3.63, 3.8) is 0 Å². The SMILES string of the molecule is CC(=O)Oc1c(C)c(-c2ccccc2)sc(=O)c1-c1ccc(Cl)cc1Cl. The van der Waals surface area contributed by atoms with Gasteiger partial charge < -0.3 is 4.74 Å². The van der Waals surface area contributed by atoms with E-state index in [9.17, 15) is 9.59 Å². The Morgan fingerprint density at radius 2 is 1.77 bits per heavy atom. The molecule has 0 aliphatic carbocycles. The summed E-state index contributed by atoms with van der Waals surface area (Å²) in [5.74, 6) is -0.279. The smallest absolute Gasteiger partial charge is 0.308 e. The third kappa shape index (κ3) is 3.68. The van der Waals surface area contributed by atoms with Gasteiger partial charge in [-0.25, -0.2) is 0 Å². The fourth-order valence-electron chi connectivity index (χ4n) is 2.66. The Kier molecular flexibility index (Phi) is 5.47. The number of rotatable bonds is 3. The molecule has 132 valence electrons. The largest absolute Gasteiger partial charge is 0.426 e. The number of benzene rings is 2. The zero-order chi connectivity index (χ0) is 18.8. The van der Waals surface area contributed by atoms with Gasteiger partial charge in [0.05, 0.1) is 10.6 Å². The maximum Gasteiger partial charge on any atom is 0.308 e. The van der Waals surface area contributed by atoms with E-state index in [-0.39, 0.29) is 16.1 Å². The summed E-state index contributed by atoms with van der Waals surface area (Å²) in [5.41, 5.74) is 2.34. The molecular formula is C20H14Cl2O3S. The average molecular weight is 405 g/mol. The highest BCUT2D eigenvalue weighted by Gasteiger charge is 2.22. The first kappa shape index (κ1) is 18.6. The van der Waals surface area contributed by atoms with Crippen LogP contribution in [0.15, 0.2) is 53.3 Å². The molecule has 1 aromatic heterocycles. The van der Waals surface area contributed by atoms with Crippen molar-refractivity contribution in [2.45, 2.75) is 13.8 Å². The van der Waals surface area contributed by atoms with E-state index in [1.807, 2.05) is 37.3 Å². The number of carbonyl (C=O) groups excluding carboxylic acids is 1. The van der Waals surface area contributed by atoms with Gasteiger partial charge in [0, 0.05) is 28.0 Å². The first-order valence-electron chi connectivity index (χ1n) is 7.75. The lowest BCUT2D eigenvalue weighted by atomic mass is 10.0. The first-order chi connectivity index (χ1) is 12.4. The van der Waals surface area contributed by atoms with E-state index in [2.05, 4.69) is 0 Å². The maximum absolute atomic E-state index is 12.9. The molecule has 3 rings (SSSR count). The lowest BCUT2D eigenvalue weighted by molar-refractivity contribution is -0.131. The minimum Gasteiger partial charge on any atom is -0.426 e. The Bertz CT molecular complexity index is 1040. The van der Waals surface area contributed by atoms with Crippen molar-refractivity contribution < 1.29 is 9.53 Å². The number of hydrogen-bond donors (Lipinski definition) is 0. The molecule has 0 saturated heterocycles. The van der Waals surface area contributed by atoms with Gasteiger partial charge in [0.25, 0.3) is 0 Å². The Hall–Kier alpha value is -2.14. The summed E-state index contributed by atoms with van der Waals surface area (Å²) in [7, 11) is 0. The topological polar surface area (TPSA) is 43.4 Å². The van der Waals surface area contributed by atoms with E-state index in [4.69, 9.17) is 27.9 Å². The molecule has 2 aromatic carbocycles. The molecule has 0 aliphatic rings. The molecule has 0 atom stereocenters. The molecule has 0 bridgehead atoms. The third-order valence-corrected chi connectivity index (χ3v) is 5.47. The van der Waals surface area contributed by atoms with Crippen LogP contribution < -0.4 is 9.48 Å². The van der Waals surface area contributed by atoms with Crippen LogP contribution in [-0.4, -0.2) is 5.97 Å². The summed E-state index contributed by atoms with van der Waals surface area (Å²) >= 11 is 13.3. The normalized spacial score (nSPS) is 10.6. The summed E-state index contributed by atoms with van der Waals surface area (Å²) < 4.78 is 5.19. The number of esters is 1. The van der Waals surface area contributed by atoms with Gasteiger partial charge in [0.2, 0.25) is 4.74 Å². The summed E-state index contributed by atoms with van der Waals surface area (Å²) in [6.07, 6.45) is 0. The minimum atomic E-state index is -0.506. The molecule has 0 unspecified atom stereocenters. The molecule has 3 nitrogen and oxygen atoms in total. The second kappa shape index (κ2) is 7.62. The van der Waals surface area contributed by atoms with Gasteiger partial charge in [-0.2, -0.15) is 0 Å². The predicted molar refractivity (Wildman–Crippen MR) is 108 cm³/mol. The number of carbonyl (C=O) groups is 1. The van der Waals surface area contributed by atoms with Gasteiger partial charge in [0.15, 0.2) is 0 Å². The second-order valence-corrected chi connectivity index (χ2v) is 7.46. The molecule has 0 radical (unpaired) electrons. The van der Waals surface area contributed by atoms with E-state index in [1.54, 1.807) is 18.2 Å². The van der Waals surface area contributed by atoms with Gasteiger partial charge in [-0.3, -0.25) is 9.59 Å². The molecule has 0 N–H and O–H groups in total. The maximum atomic E-state index is 12.9. The van der Waals surface area contributed by atoms with Gasteiger partial charge in [0.1, 0.15) is 5.75 Å². The van der Waals surface area contributed by atoms with E-state index in [0.717, 1.165) is 21.8 Å². The van der Waals surface area contributed by atoms with Crippen molar-refractivity contribution in [3.8, 4) is 27.3 Å². The number of hydrogen-bond acceptors (Lipinski definition) is 4. The summed E-state index contributed by atoms with van der Waals surface area (Å²) in [6.45, 7) is 3.12. The lowest BCUT2D eigenvalue weighted by Gasteiger charge is -2.15. The second-order valence-electron chi connectivity index (χ2n) is 5.63. The standard InChI is InChI=1S/C20H14Cl2O3S/c1-11-18(25-12(2)23)17(15-9-8-14(21)10-16(15)22)20(24)26-19(11)13-6-4-3-5-7-13/h3-10H,1-2H3. The summed E-state index contributed by atoms with van der Waals surface area (Å²) in [5, 5.41) is 0.781. The van der Waals surface area contributed by atoms with Crippen LogP contribution in [0, 0.1) is 6.92 Å². The fourth-order valence-corrected chi connectivity index (χ4v) is 4.16. The minimum absolute atomic E-state index is 0.226. The van der Waals surface area contributed by atoms with Crippen molar-refractivity contribution in [2.24, 2.45) is 0 Å². The van der Waals surface area contributed by atoms with Crippen LogP contribution in [0.25, 0.3) is 21.6 Å². The highest BCUT2D eigenvalue weighted by atomic mass is 35.5. The molecule has 0 fully saturated rings. The molecule has 0 amide bonds. The molecular weight excluding hydrogens is 391 g/mol. The summed E-state index contributed by atoms with van der Waals surface area (Å²) in [6, 6.07) is 14.4. The molecule has 26 heavy (non-hydrogen) atoms. The number of halogens is 2. The van der Waals surface area contributed by atoms with Gasteiger partial charge in [-0.15, -0.1) is 0 Å². The first-order valence-corrected chi connectivity index (χ1v) is 9.32. The molecule has 0 saturated carbocycles. The van der Waals surface area contributed by atoms with Gasteiger partial charge in [-0.1, -0.05) is 70.9 Å². The van der Waals surface area contributed by atoms with E-state index >= 15 is 0 Å². The van der Waals surface area contributed by atoms with E-state index < -0.39 is 5.97 Å². The van der Waals surface area contributed by atoms with Crippen molar-refractivity contribution >= 4 is 40.5 Å². The monoisotopic (exact) mass is 404 g/mol. The van der Waals surface area contributed by atoms with E-state index in [0.29, 0.717) is 21.2 Å². The van der Waals surface area contributed by atoms with Crippen LogP contribution in [0.3, 0.4) is 0 Å². The molecule has 3 aromatic rings. The molecule has 1 heterocycles. The van der Waals surface area contributed by atoms with Crippen LogP contribution in [0.4, 0.5) is 0 Å². The average Bonchev–Trinajstić information content (AvgIpc) is 2.59. The number of ether oxygens (including phenoxy) is 1. The zero-order valence-electron chi connectivity index (χ0n) is 14.0. The Labute approximate surface area is 164 Å². The molecule has 0 spiro atoms. The van der Waals surface area contributed by atoms with Crippen LogP contribution >= 0.6 is 34.5 Å². The highest BCUT2D eigenvalue weighted by molar-refractivity contribution is 7.13. The zero-order valence-corrected chi connectivity index (χ0v) is 16.3. The van der Waals surface area contributed by atoms with Crippen LogP contribution in [0.2, 0.25) is 10.0 Å². The Morgan fingerprint density at radius 3 is 2.38 bits per heavy atom. The van der Waals surface area contributed by atoms with Gasteiger partial charge in [-0.05, 0) is 24.6 Å².